The Morgan fingerprint density at radius 2 is 2.05 bits per heavy atom. The largest absolute Gasteiger partial charge is 0.392 e. The Labute approximate surface area is 113 Å². The van der Waals surface area contributed by atoms with Crippen molar-refractivity contribution in [2.24, 2.45) is 5.92 Å². The third kappa shape index (κ3) is 4.89. The minimum Gasteiger partial charge on any atom is -0.392 e. The monoisotopic (exact) mass is 289 g/mol. The molecule has 0 saturated heterocycles. The van der Waals surface area contributed by atoms with Gasteiger partial charge >= 0.3 is 0 Å². The van der Waals surface area contributed by atoms with Gasteiger partial charge in [0.1, 0.15) is 5.82 Å². The maximum absolute atomic E-state index is 13.1. The van der Waals surface area contributed by atoms with Gasteiger partial charge in [-0.25, -0.2) is 17.5 Å². The fourth-order valence-electron chi connectivity index (χ4n) is 1.70. The fourth-order valence-corrected chi connectivity index (χ4v) is 3.02. The van der Waals surface area contributed by atoms with Crippen molar-refractivity contribution in [3.8, 4) is 0 Å². The molecule has 0 unspecified atom stereocenters. The quantitative estimate of drug-likeness (QED) is 0.755. The van der Waals surface area contributed by atoms with Crippen LogP contribution in [0.2, 0.25) is 0 Å². The summed E-state index contributed by atoms with van der Waals surface area (Å²) in [6.07, 6.45) is 1.64. The molecular weight excluding hydrogens is 269 g/mol. The van der Waals surface area contributed by atoms with Crippen LogP contribution in [0, 0.1) is 11.7 Å². The molecule has 6 heteroatoms. The van der Waals surface area contributed by atoms with Gasteiger partial charge in [0.15, 0.2) is 0 Å². The van der Waals surface area contributed by atoms with Gasteiger partial charge in [-0.15, -0.1) is 0 Å². The minimum absolute atomic E-state index is 0.192. The maximum atomic E-state index is 13.1. The number of rotatable bonds is 7. The Bertz CT molecular complexity index is 515. The van der Waals surface area contributed by atoms with Crippen LogP contribution >= 0.6 is 0 Å². The highest BCUT2D eigenvalue weighted by molar-refractivity contribution is 7.89. The molecule has 2 N–H and O–H groups in total. The predicted molar refractivity (Wildman–Crippen MR) is 71.6 cm³/mol. The smallest absolute Gasteiger partial charge is 0.241 e. The van der Waals surface area contributed by atoms with E-state index in [1.807, 2.05) is 0 Å². The van der Waals surface area contributed by atoms with Crippen molar-refractivity contribution in [1.82, 2.24) is 4.72 Å². The zero-order valence-corrected chi connectivity index (χ0v) is 12.0. The van der Waals surface area contributed by atoms with Crippen LogP contribution in [0.5, 0.6) is 0 Å². The molecule has 0 aliphatic heterocycles. The van der Waals surface area contributed by atoms with Gasteiger partial charge < -0.3 is 5.11 Å². The highest BCUT2D eigenvalue weighted by Gasteiger charge is 2.18. The second-order valence-electron chi connectivity index (χ2n) is 4.84. The van der Waals surface area contributed by atoms with Gasteiger partial charge in [0.05, 0.1) is 11.5 Å². The number of hydrogen-bond donors (Lipinski definition) is 2. The van der Waals surface area contributed by atoms with Crippen molar-refractivity contribution in [3.63, 3.8) is 0 Å². The van der Waals surface area contributed by atoms with Crippen LogP contribution < -0.4 is 4.72 Å². The predicted octanol–water partition coefficient (Wildman–Crippen LogP) is 2.03. The summed E-state index contributed by atoms with van der Waals surface area (Å²) in [5.41, 5.74) is 0.192. The molecule has 0 aromatic heterocycles. The second kappa shape index (κ2) is 6.98. The Balaban J connectivity index is 2.79. The van der Waals surface area contributed by atoms with Crippen LogP contribution in [-0.2, 0) is 16.6 Å². The van der Waals surface area contributed by atoms with E-state index in [0.29, 0.717) is 12.5 Å². The molecule has 1 aromatic carbocycles. The molecule has 0 fully saturated rings. The first-order valence-corrected chi connectivity index (χ1v) is 7.74. The summed E-state index contributed by atoms with van der Waals surface area (Å²) in [7, 11) is -3.77. The molecule has 19 heavy (non-hydrogen) atoms. The molecule has 0 saturated carbocycles. The summed E-state index contributed by atoms with van der Waals surface area (Å²) in [5.74, 6) is -0.133. The maximum Gasteiger partial charge on any atom is 0.241 e. The molecule has 0 bridgehead atoms. The highest BCUT2D eigenvalue weighted by Crippen LogP contribution is 2.17. The van der Waals surface area contributed by atoms with Crippen molar-refractivity contribution in [2.75, 3.05) is 6.54 Å². The standard InChI is InChI=1S/C13H20FNO3S/c1-10(2)4-3-7-15-19(17,18)13-8-12(14)6-5-11(13)9-16/h5-6,8,10,15-16H,3-4,7,9H2,1-2H3. The van der Waals surface area contributed by atoms with E-state index in [1.165, 1.54) is 6.07 Å². The summed E-state index contributed by atoms with van der Waals surface area (Å²) in [6, 6.07) is 3.33. The number of sulfonamides is 1. The third-order valence-corrected chi connectivity index (χ3v) is 4.28. The molecule has 0 amide bonds. The van der Waals surface area contributed by atoms with Crippen molar-refractivity contribution in [1.29, 1.82) is 0 Å². The van der Waals surface area contributed by atoms with Gasteiger partial charge in [-0.1, -0.05) is 19.9 Å². The van der Waals surface area contributed by atoms with Gasteiger partial charge in [0.2, 0.25) is 10.0 Å². The Morgan fingerprint density at radius 3 is 2.63 bits per heavy atom. The zero-order chi connectivity index (χ0) is 14.5. The van der Waals surface area contributed by atoms with Crippen molar-refractivity contribution < 1.29 is 17.9 Å². The minimum atomic E-state index is -3.77. The van der Waals surface area contributed by atoms with E-state index in [9.17, 15) is 12.8 Å². The summed E-state index contributed by atoms with van der Waals surface area (Å²) in [5, 5.41) is 9.10. The SMILES string of the molecule is CC(C)CCCNS(=O)(=O)c1cc(F)ccc1CO. The van der Waals surface area contributed by atoms with Crippen LogP contribution in [0.25, 0.3) is 0 Å². The first-order chi connectivity index (χ1) is 8.86. The highest BCUT2D eigenvalue weighted by atomic mass is 32.2. The lowest BCUT2D eigenvalue weighted by Gasteiger charge is -2.11. The molecule has 0 heterocycles. The first kappa shape index (κ1) is 16.1. The first-order valence-electron chi connectivity index (χ1n) is 6.25. The van der Waals surface area contributed by atoms with Crippen LogP contribution in [-0.4, -0.2) is 20.1 Å². The molecule has 0 radical (unpaired) electrons. The average Bonchev–Trinajstić information content (AvgIpc) is 2.34. The molecule has 1 rings (SSSR count). The molecule has 4 nitrogen and oxygen atoms in total. The van der Waals surface area contributed by atoms with E-state index in [0.717, 1.165) is 25.0 Å². The van der Waals surface area contributed by atoms with E-state index in [4.69, 9.17) is 5.11 Å². The number of aliphatic hydroxyl groups is 1. The Hall–Kier alpha value is -0.980. The van der Waals surface area contributed by atoms with Crippen LogP contribution in [0.3, 0.4) is 0 Å². The van der Waals surface area contributed by atoms with Gasteiger partial charge in [-0.3, -0.25) is 0 Å². The van der Waals surface area contributed by atoms with E-state index >= 15 is 0 Å². The molecule has 1 aromatic rings. The normalized spacial score (nSPS) is 12.1. The summed E-state index contributed by atoms with van der Waals surface area (Å²) < 4.78 is 39.6. The summed E-state index contributed by atoms with van der Waals surface area (Å²) in [4.78, 5) is -0.195. The fraction of sp³-hybridized carbons (Fsp3) is 0.538. The zero-order valence-electron chi connectivity index (χ0n) is 11.2. The molecule has 108 valence electrons. The van der Waals surface area contributed by atoms with Crippen molar-refractivity contribution >= 4 is 10.0 Å². The number of halogens is 1. The number of nitrogens with one attached hydrogen (secondary N) is 1. The molecule has 0 aliphatic carbocycles. The van der Waals surface area contributed by atoms with Crippen LogP contribution in [0.15, 0.2) is 23.1 Å². The van der Waals surface area contributed by atoms with Crippen LogP contribution in [0.1, 0.15) is 32.3 Å². The molecule has 0 aliphatic rings. The Morgan fingerprint density at radius 1 is 1.37 bits per heavy atom. The lowest BCUT2D eigenvalue weighted by atomic mass is 10.1. The average molecular weight is 289 g/mol. The van der Waals surface area contributed by atoms with Crippen molar-refractivity contribution in [3.05, 3.63) is 29.6 Å². The summed E-state index contributed by atoms with van der Waals surface area (Å²) >= 11 is 0. The van der Waals surface area contributed by atoms with Gasteiger partial charge in [-0.2, -0.15) is 0 Å². The topological polar surface area (TPSA) is 66.4 Å². The van der Waals surface area contributed by atoms with E-state index in [2.05, 4.69) is 18.6 Å². The van der Waals surface area contributed by atoms with E-state index in [-0.39, 0.29) is 10.5 Å². The van der Waals surface area contributed by atoms with Gasteiger partial charge in [0, 0.05) is 6.54 Å². The number of hydrogen-bond acceptors (Lipinski definition) is 3. The van der Waals surface area contributed by atoms with E-state index < -0.39 is 22.4 Å². The lowest BCUT2D eigenvalue weighted by molar-refractivity contribution is 0.278. The molecule has 0 atom stereocenters. The lowest BCUT2D eigenvalue weighted by Crippen LogP contribution is -2.26. The third-order valence-electron chi connectivity index (χ3n) is 2.74. The second-order valence-corrected chi connectivity index (χ2v) is 6.58. The summed E-state index contributed by atoms with van der Waals surface area (Å²) in [6.45, 7) is 3.99. The Kier molecular flexibility index (Phi) is 5.90. The van der Waals surface area contributed by atoms with Crippen LogP contribution in [0.4, 0.5) is 4.39 Å². The van der Waals surface area contributed by atoms with Gasteiger partial charge in [-0.05, 0) is 36.5 Å². The number of aliphatic hydroxyl groups excluding tert-OH is 1. The molecular formula is C13H20FNO3S. The van der Waals surface area contributed by atoms with E-state index in [1.54, 1.807) is 0 Å². The van der Waals surface area contributed by atoms with Gasteiger partial charge in [0.25, 0.3) is 0 Å². The molecule has 0 spiro atoms. The van der Waals surface area contributed by atoms with Crippen molar-refractivity contribution in [2.45, 2.75) is 38.2 Å². The number of benzene rings is 1.